The Labute approximate surface area is 58.1 Å². The zero-order chi connectivity index (χ0) is 7.28. The van der Waals surface area contributed by atoms with E-state index in [4.69, 9.17) is 4.52 Å². The van der Waals surface area contributed by atoms with Crippen LogP contribution in [0.3, 0.4) is 0 Å². The van der Waals surface area contributed by atoms with Gasteiger partial charge in [0.1, 0.15) is 0 Å². The lowest BCUT2D eigenvalue weighted by Gasteiger charge is -2.17. The minimum atomic E-state index is -1.38. The van der Waals surface area contributed by atoms with Gasteiger partial charge >= 0.3 is 0 Å². The first-order valence-electron chi connectivity index (χ1n) is 3.16. The van der Waals surface area contributed by atoms with Crippen LogP contribution in [-0.2, 0) is 4.52 Å². The molecule has 0 aromatic rings. The molecule has 0 aliphatic heterocycles. The van der Waals surface area contributed by atoms with Gasteiger partial charge < -0.3 is 9.42 Å². The molecule has 2 nitrogen and oxygen atoms in total. The number of hydrogen-bond acceptors (Lipinski definition) is 2. The standard InChI is InChI=1S/C6H14O2P/c1-6(2)4-5-8-9(3)7/h6H,4-5H2,1-3H3/q-1. The van der Waals surface area contributed by atoms with E-state index in [9.17, 15) is 4.89 Å². The van der Waals surface area contributed by atoms with E-state index >= 15 is 0 Å². The van der Waals surface area contributed by atoms with Crippen molar-refractivity contribution in [2.24, 2.45) is 5.92 Å². The Bertz CT molecular complexity index is 56.1. The SMILES string of the molecule is CC(C)CCOP(C)[O-]. The fourth-order valence-corrected chi connectivity index (χ4v) is 0.779. The first-order chi connectivity index (χ1) is 4.13. The van der Waals surface area contributed by atoms with Crippen LogP contribution in [0.4, 0.5) is 0 Å². The van der Waals surface area contributed by atoms with Crippen molar-refractivity contribution >= 4 is 8.38 Å². The molecule has 0 N–H and O–H groups in total. The maximum atomic E-state index is 10.4. The van der Waals surface area contributed by atoms with Crippen molar-refractivity contribution in [1.82, 2.24) is 0 Å². The molecule has 0 bridgehead atoms. The normalized spacial score (nSPS) is 14.3. The highest BCUT2D eigenvalue weighted by Gasteiger charge is 1.92. The Hall–Kier alpha value is 0.350. The molecule has 9 heavy (non-hydrogen) atoms. The Morgan fingerprint density at radius 1 is 1.56 bits per heavy atom. The lowest BCUT2D eigenvalue weighted by Crippen LogP contribution is -2.00. The molecule has 3 heteroatoms. The second kappa shape index (κ2) is 5.16. The van der Waals surface area contributed by atoms with Gasteiger partial charge in [0.2, 0.25) is 0 Å². The Morgan fingerprint density at radius 3 is 2.44 bits per heavy atom. The van der Waals surface area contributed by atoms with Gasteiger partial charge in [-0.15, -0.1) is 0 Å². The van der Waals surface area contributed by atoms with Crippen molar-refractivity contribution in [3.63, 3.8) is 0 Å². The molecule has 1 unspecified atom stereocenters. The van der Waals surface area contributed by atoms with E-state index in [-0.39, 0.29) is 0 Å². The van der Waals surface area contributed by atoms with Crippen LogP contribution in [-0.4, -0.2) is 13.3 Å². The van der Waals surface area contributed by atoms with Crippen molar-refractivity contribution in [2.45, 2.75) is 20.3 Å². The zero-order valence-corrected chi connectivity index (χ0v) is 7.15. The van der Waals surface area contributed by atoms with Gasteiger partial charge in [-0.2, -0.15) is 0 Å². The van der Waals surface area contributed by atoms with E-state index in [1.54, 1.807) is 6.66 Å². The smallest absolute Gasteiger partial charge is 0.0494 e. The molecular weight excluding hydrogens is 135 g/mol. The quantitative estimate of drug-likeness (QED) is 0.565. The van der Waals surface area contributed by atoms with Crippen LogP contribution in [0.5, 0.6) is 0 Å². The Morgan fingerprint density at radius 2 is 2.11 bits per heavy atom. The summed E-state index contributed by atoms with van der Waals surface area (Å²) < 4.78 is 4.86. The first kappa shape index (κ1) is 9.35. The van der Waals surface area contributed by atoms with E-state index in [1.807, 2.05) is 0 Å². The molecule has 0 amide bonds. The molecule has 0 aromatic heterocycles. The molecule has 0 saturated carbocycles. The predicted octanol–water partition coefficient (Wildman–Crippen LogP) is 1.35. The van der Waals surface area contributed by atoms with Gasteiger partial charge in [0.25, 0.3) is 0 Å². The molecule has 0 spiro atoms. The monoisotopic (exact) mass is 149 g/mol. The average Bonchev–Trinajstić information content (AvgIpc) is 1.63. The lowest BCUT2D eigenvalue weighted by atomic mass is 10.2. The van der Waals surface area contributed by atoms with E-state index in [2.05, 4.69) is 13.8 Å². The fraction of sp³-hybridized carbons (Fsp3) is 1.00. The molecular formula is C6H14O2P-. The first-order valence-corrected chi connectivity index (χ1v) is 4.79. The largest absolute Gasteiger partial charge is 0.808 e. The zero-order valence-electron chi connectivity index (χ0n) is 6.26. The summed E-state index contributed by atoms with van der Waals surface area (Å²) in [6.07, 6.45) is 0.995. The second-order valence-electron chi connectivity index (χ2n) is 2.46. The summed E-state index contributed by atoms with van der Waals surface area (Å²) in [7, 11) is -1.38. The van der Waals surface area contributed by atoms with Gasteiger partial charge in [0.15, 0.2) is 0 Å². The summed E-state index contributed by atoms with van der Waals surface area (Å²) in [5.74, 6) is 0.639. The van der Waals surface area contributed by atoms with Crippen molar-refractivity contribution in [3.05, 3.63) is 0 Å². The van der Waals surface area contributed by atoms with Gasteiger partial charge in [-0.05, 0) is 19.0 Å². The van der Waals surface area contributed by atoms with Crippen molar-refractivity contribution < 1.29 is 9.42 Å². The second-order valence-corrected chi connectivity index (χ2v) is 3.59. The maximum Gasteiger partial charge on any atom is 0.0494 e. The summed E-state index contributed by atoms with van der Waals surface area (Å²) in [4.78, 5) is 10.4. The fourth-order valence-electron chi connectivity index (χ4n) is 0.417. The highest BCUT2D eigenvalue weighted by atomic mass is 31.2. The maximum absolute atomic E-state index is 10.4. The molecule has 0 heterocycles. The molecule has 0 rings (SSSR count). The lowest BCUT2D eigenvalue weighted by molar-refractivity contribution is -0.178. The highest BCUT2D eigenvalue weighted by molar-refractivity contribution is 7.43. The Kier molecular flexibility index (Phi) is 5.36. The van der Waals surface area contributed by atoms with Gasteiger partial charge in [-0.25, -0.2) is 0 Å². The van der Waals surface area contributed by atoms with Gasteiger partial charge in [-0.3, -0.25) is 0 Å². The molecule has 1 atom stereocenters. The minimum Gasteiger partial charge on any atom is -0.808 e. The molecule has 0 aliphatic carbocycles. The highest BCUT2D eigenvalue weighted by Crippen LogP contribution is 2.19. The number of rotatable bonds is 4. The van der Waals surface area contributed by atoms with E-state index in [0.717, 1.165) is 6.42 Å². The van der Waals surface area contributed by atoms with Gasteiger partial charge in [0, 0.05) is 6.61 Å². The van der Waals surface area contributed by atoms with Crippen LogP contribution in [0.2, 0.25) is 0 Å². The van der Waals surface area contributed by atoms with Crippen molar-refractivity contribution in [3.8, 4) is 0 Å². The van der Waals surface area contributed by atoms with Crippen LogP contribution in [0.25, 0.3) is 0 Å². The summed E-state index contributed by atoms with van der Waals surface area (Å²) in [6, 6.07) is 0. The van der Waals surface area contributed by atoms with Gasteiger partial charge in [-0.1, -0.05) is 22.2 Å². The van der Waals surface area contributed by atoms with Crippen LogP contribution < -0.4 is 4.89 Å². The molecule has 56 valence electrons. The van der Waals surface area contributed by atoms with Crippen molar-refractivity contribution in [1.29, 1.82) is 0 Å². The molecule has 0 aromatic carbocycles. The molecule has 0 aliphatic rings. The topological polar surface area (TPSA) is 32.3 Å². The third-order valence-electron chi connectivity index (χ3n) is 0.968. The van der Waals surface area contributed by atoms with Crippen molar-refractivity contribution in [2.75, 3.05) is 13.3 Å². The summed E-state index contributed by atoms with van der Waals surface area (Å²) in [5.41, 5.74) is 0. The summed E-state index contributed by atoms with van der Waals surface area (Å²) >= 11 is 0. The predicted molar refractivity (Wildman–Crippen MR) is 38.3 cm³/mol. The third-order valence-corrected chi connectivity index (χ3v) is 1.51. The Balaban J connectivity index is 2.91. The minimum absolute atomic E-state index is 0.628. The van der Waals surface area contributed by atoms with Crippen LogP contribution in [0, 0.1) is 5.92 Å². The van der Waals surface area contributed by atoms with Crippen LogP contribution >= 0.6 is 8.38 Å². The summed E-state index contributed by atoms with van der Waals surface area (Å²) in [6.45, 7) is 6.44. The molecule has 0 radical (unpaired) electrons. The van der Waals surface area contributed by atoms with E-state index in [1.165, 1.54) is 0 Å². The average molecular weight is 149 g/mol. The van der Waals surface area contributed by atoms with E-state index in [0.29, 0.717) is 12.5 Å². The van der Waals surface area contributed by atoms with E-state index < -0.39 is 8.38 Å². The summed E-state index contributed by atoms with van der Waals surface area (Å²) in [5, 5.41) is 0. The third kappa shape index (κ3) is 8.35. The molecule has 0 saturated heterocycles. The van der Waals surface area contributed by atoms with Crippen LogP contribution in [0.1, 0.15) is 20.3 Å². The van der Waals surface area contributed by atoms with Crippen LogP contribution in [0.15, 0.2) is 0 Å². The molecule has 0 fully saturated rings. The number of hydrogen-bond donors (Lipinski definition) is 0. The van der Waals surface area contributed by atoms with Gasteiger partial charge in [0.05, 0.1) is 0 Å².